The highest BCUT2D eigenvalue weighted by molar-refractivity contribution is 5.69. The van der Waals surface area contributed by atoms with Gasteiger partial charge in [-0.1, -0.05) is 43.3 Å². The highest BCUT2D eigenvalue weighted by atomic mass is 15.0. The van der Waals surface area contributed by atoms with Crippen LogP contribution in [0.5, 0.6) is 0 Å². The second kappa shape index (κ2) is 10.0. The first kappa shape index (κ1) is 17.5. The van der Waals surface area contributed by atoms with E-state index in [4.69, 9.17) is 0 Å². The highest BCUT2D eigenvalue weighted by Gasteiger charge is 2.01. The van der Waals surface area contributed by atoms with Gasteiger partial charge in [-0.15, -0.1) is 0 Å². The molecule has 0 atom stereocenters. The molecule has 0 bridgehead atoms. The zero-order valence-corrected chi connectivity index (χ0v) is 14.4. The monoisotopic (exact) mass is 311 g/mol. The highest BCUT2D eigenvalue weighted by Crippen LogP contribution is 2.24. The molecule has 0 saturated heterocycles. The molecule has 23 heavy (non-hydrogen) atoms. The molecule has 0 heterocycles. The average Bonchev–Trinajstić information content (AvgIpc) is 2.57. The van der Waals surface area contributed by atoms with Crippen molar-refractivity contribution in [2.24, 2.45) is 0 Å². The molecule has 0 aliphatic carbocycles. The maximum Gasteiger partial charge on any atom is 0.0454 e. The molecule has 0 amide bonds. The van der Waals surface area contributed by atoms with Gasteiger partial charge in [-0.05, 0) is 61.7 Å². The van der Waals surface area contributed by atoms with Gasteiger partial charge in [-0.3, -0.25) is 0 Å². The van der Waals surface area contributed by atoms with E-state index < -0.39 is 0 Å². The zero-order chi connectivity index (χ0) is 16.3. The second-order valence-electron chi connectivity index (χ2n) is 5.91. The van der Waals surface area contributed by atoms with Crippen molar-refractivity contribution in [3.8, 4) is 11.1 Å². The van der Waals surface area contributed by atoms with E-state index in [0.29, 0.717) is 0 Å². The summed E-state index contributed by atoms with van der Waals surface area (Å²) < 4.78 is 0. The van der Waals surface area contributed by atoms with Crippen LogP contribution in [-0.2, 0) is 0 Å². The summed E-state index contributed by atoms with van der Waals surface area (Å²) in [5.74, 6) is 0. The normalized spacial score (nSPS) is 10.7. The number of nitrogens with one attached hydrogen (secondary N) is 3. The molecule has 0 unspecified atom stereocenters. The fourth-order valence-corrected chi connectivity index (χ4v) is 2.57. The van der Waals surface area contributed by atoms with E-state index in [1.165, 1.54) is 28.8 Å². The van der Waals surface area contributed by atoms with Crippen LogP contribution in [0.1, 0.15) is 25.3 Å². The molecule has 124 valence electrons. The molecule has 0 saturated carbocycles. The minimum absolute atomic E-state index is 0.899. The van der Waals surface area contributed by atoms with Crippen LogP contribution in [0, 0.1) is 6.92 Å². The lowest BCUT2D eigenvalue weighted by molar-refractivity contribution is 0.571. The first-order valence-corrected chi connectivity index (χ1v) is 8.62. The van der Waals surface area contributed by atoms with E-state index in [9.17, 15) is 0 Å². The van der Waals surface area contributed by atoms with Gasteiger partial charge in [-0.25, -0.2) is 0 Å². The molecule has 0 aromatic heterocycles. The van der Waals surface area contributed by atoms with Crippen LogP contribution < -0.4 is 16.0 Å². The summed E-state index contributed by atoms with van der Waals surface area (Å²) in [5.41, 5.74) is 5.03. The molecule has 3 nitrogen and oxygen atoms in total. The third-order valence-electron chi connectivity index (χ3n) is 3.72. The Morgan fingerprint density at radius 1 is 0.826 bits per heavy atom. The summed E-state index contributed by atoms with van der Waals surface area (Å²) in [5, 5.41) is 10.3. The number of benzene rings is 2. The Kier molecular flexibility index (Phi) is 7.64. The topological polar surface area (TPSA) is 36.1 Å². The minimum Gasteiger partial charge on any atom is -0.385 e. The Labute approximate surface area is 140 Å². The van der Waals surface area contributed by atoms with E-state index in [-0.39, 0.29) is 0 Å². The summed E-state index contributed by atoms with van der Waals surface area (Å²) in [4.78, 5) is 0. The number of hydrogen-bond acceptors (Lipinski definition) is 3. The van der Waals surface area contributed by atoms with Crippen molar-refractivity contribution in [3.63, 3.8) is 0 Å². The lowest BCUT2D eigenvalue weighted by atomic mass is 10.0. The standard InChI is InChI=1S/C20H29N3/c1-3-10-21-16-22-11-7-12-23-20-14-17(2)13-19(15-20)18-8-5-4-6-9-18/h4-6,8-9,13-15,21-23H,3,7,10-12,16H2,1-2H3. The van der Waals surface area contributed by atoms with Gasteiger partial charge in [0.15, 0.2) is 0 Å². The Bertz CT molecular complexity index is 566. The molecule has 0 radical (unpaired) electrons. The largest absolute Gasteiger partial charge is 0.385 e. The molecule has 3 N–H and O–H groups in total. The van der Waals surface area contributed by atoms with Gasteiger partial charge in [0.05, 0.1) is 0 Å². The smallest absolute Gasteiger partial charge is 0.0454 e. The van der Waals surface area contributed by atoms with E-state index in [1.54, 1.807) is 0 Å². The zero-order valence-electron chi connectivity index (χ0n) is 14.4. The molecule has 0 fully saturated rings. The van der Waals surface area contributed by atoms with Crippen LogP contribution in [0.2, 0.25) is 0 Å². The van der Waals surface area contributed by atoms with Crippen molar-refractivity contribution in [3.05, 3.63) is 54.1 Å². The van der Waals surface area contributed by atoms with Crippen molar-refractivity contribution in [2.45, 2.75) is 26.7 Å². The van der Waals surface area contributed by atoms with Crippen molar-refractivity contribution >= 4 is 5.69 Å². The Balaban J connectivity index is 1.78. The lowest BCUT2D eigenvalue weighted by Crippen LogP contribution is -2.30. The van der Waals surface area contributed by atoms with Crippen molar-refractivity contribution in [2.75, 3.05) is 31.6 Å². The molecule has 2 aromatic carbocycles. The molecule has 0 spiro atoms. The average molecular weight is 311 g/mol. The summed E-state index contributed by atoms with van der Waals surface area (Å²) >= 11 is 0. The fourth-order valence-electron chi connectivity index (χ4n) is 2.57. The van der Waals surface area contributed by atoms with Gasteiger partial charge in [-0.2, -0.15) is 0 Å². The molecular formula is C20H29N3. The first-order valence-electron chi connectivity index (χ1n) is 8.62. The third-order valence-corrected chi connectivity index (χ3v) is 3.72. The Morgan fingerprint density at radius 2 is 1.61 bits per heavy atom. The molecule has 2 rings (SSSR count). The van der Waals surface area contributed by atoms with Gasteiger partial charge in [0.2, 0.25) is 0 Å². The van der Waals surface area contributed by atoms with Crippen molar-refractivity contribution in [1.29, 1.82) is 0 Å². The molecule has 2 aromatic rings. The molecular weight excluding hydrogens is 282 g/mol. The Hall–Kier alpha value is -1.84. The number of rotatable bonds is 10. The van der Waals surface area contributed by atoms with Crippen LogP contribution in [0.4, 0.5) is 5.69 Å². The second-order valence-corrected chi connectivity index (χ2v) is 5.91. The minimum atomic E-state index is 0.899. The van der Waals surface area contributed by atoms with Gasteiger partial charge < -0.3 is 16.0 Å². The predicted octanol–water partition coefficient (Wildman–Crippen LogP) is 4.01. The number of anilines is 1. The SMILES string of the molecule is CCCNCNCCCNc1cc(C)cc(-c2ccccc2)c1. The van der Waals surface area contributed by atoms with Crippen LogP contribution in [-0.4, -0.2) is 26.3 Å². The van der Waals surface area contributed by atoms with Gasteiger partial charge in [0, 0.05) is 18.9 Å². The van der Waals surface area contributed by atoms with Crippen molar-refractivity contribution < 1.29 is 0 Å². The van der Waals surface area contributed by atoms with E-state index in [1.807, 2.05) is 0 Å². The van der Waals surface area contributed by atoms with Gasteiger partial charge >= 0.3 is 0 Å². The summed E-state index contributed by atoms with van der Waals surface area (Å²) in [6, 6.07) is 17.2. The summed E-state index contributed by atoms with van der Waals surface area (Å²) in [6.07, 6.45) is 2.29. The van der Waals surface area contributed by atoms with Crippen molar-refractivity contribution in [1.82, 2.24) is 10.6 Å². The molecule has 3 heteroatoms. The maximum atomic E-state index is 3.54. The predicted molar refractivity (Wildman–Crippen MR) is 101 cm³/mol. The number of hydrogen-bond donors (Lipinski definition) is 3. The Morgan fingerprint density at radius 3 is 2.39 bits per heavy atom. The quantitative estimate of drug-likeness (QED) is 0.458. The van der Waals surface area contributed by atoms with E-state index in [2.05, 4.69) is 78.3 Å². The lowest BCUT2D eigenvalue weighted by Gasteiger charge is -2.11. The van der Waals surface area contributed by atoms with Gasteiger partial charge in [0.1, 0.15) is 0 Å². The summed E-state index contributed by atoms with van der Waals surface area (Å²) in [6.45, 7) is 8.33. The first-order chi connectivity index (χ1) is 11.3. The van der Waals surface area contributed by atoms with Crippen LogP contribution in [0.3, 0.4) is 0 Å². The number of aryl methyl sites for hydroxylation is 1. The maximum absolute atomic E-state index is 3.54. The third kappa shape index (κ3) is 6.43. The van der Waals surface area contributed by atoms with E-state index in [0.717, 1.165) is 32.7 Å². The fraction of sp³-hybridized carbons (Fsp3) is 0.400. The van der Waals surface area contributed by atoms with Crippen LogP contribution in [0.25, 0.3) is 11.1 Å². The van der Waals surface area contributed by atoms with Gasteiger partial charge in [0.25, 0.3) is 0 Å². The summed E-state index contributed by atoms with van der Waals surface area (Å²) in [7, 11) is 0. The van der Waals surface area contributed by atoms with E-state index >= 15 is 0 Å². The van der Waals surface area contributed by atoms with Crippen LogP contribution >= 0.6 is 0 Å². The molecule has 0 aliphatic rings. The van der Waals surface area contributed by atoms with Crippen LogP contribution in [0.15, 0.2) is 48.5 Å². The molecule has 0 aliphatic heterocycles.